The third-order valence-corrected chi connectivity index (χ3v) is 5.00. The molecule has 2 aromatic carbocycles. The zero-order valence-electron chi connectivity index (χ0n) is 16.7. The van der Waals surface area contributed by atoms with E-state index in [0.717, 1.165) is 22.7 Å². The minimum absolute atomic E-state index is 0.777. The number of nitrogens with zero attached hydrogens (tertiary/aromatic N) is 3. The molecule has 4 aromatic rings. The number of benzene rings is 2. The number of hydrogen-bond donors (Lipinski definition) is 0. The molecule has 2 aromatic heterocycles. The van der Waals surface area contributed by atoms with E-state index in [4.69, 9.17) is 4.52 Å². The molecular formula is C24H24N3O+. The number of anilines is 1. The summed E-state index contributed by atoms with van der Waals surface area (Å²) in [6.45, 7) is 2.07. The van der Waals surface area contributed by atoms with Crippen LogP contribution < -0.4 is 9.47 Å². The van der Waals surface area contributed by atoms with Gasteiger partial charge in [0.15, 0.2) is 5.76 Å². The maximum Gasteiger partial charge on any atom is 0.212 e. The molecule has 0 spiro atoms. The van der Waals surface area contributed by atoms with E-state index in [0.29, 0.717) is 0 Å². The zero-order valence-corrected chi connectivity index (χ0v) is 16.7. The monoisotopic (exact) mass is 370 g/mol. The Kier molecular flexibility index (Phi) is 4.70. The Balaban J connectivity index is 1.61. The van der Waals surface area contributed by atoms with Gasteiger partial charge in [0.1, 0.15) is 12.7 Å². The van der Waals surface area contributed by atoms with Crippen LogP contribution in [0.25, 0.3) is 34.4 Å². The Morgan fingerprint density at radius 1 is 0.929 bits per heavy atom. The first-order valence-corrected chi connectivity index (χ1v) is 9.33. The van der Waals surface area contributed by atoms with Crippen LogP contribution in [0.5, 0.6) is 0 Å². The summed E-state index contributed by atoms with van der Waals surface area (Å²) in [6.07, 6.45) is 4.05. The second-order valence-corrected chi connectivity index (χ2v) is 7.27. The lowest BCUT2D eigenvalue weighted by Gasteiger charge is -2.12. The van der Waals surface area contributed by atoms with Crippen molar-refractivity contribution in [2.75, 3.05) is 19.0 Å². The quantitative estimate of drug-likeness (QED) is 0.481. The molecule has 0 aliphatic carbocycles. The molecule has 4 heteroatoms. The molecule has 0 atom stereocenters. The summed E-state index contributed by atoms with van der Waals surface area (Å²) in [5.74, 6) is 0.777. The molecule has 0 N–H and O–H groups in total. The van der Waals surface area contributed by atoms with Gasteiger partial charge in [-0.15, -0.1) is 0 Å². The topological polar surface area (TPSA) is 33.2 Å². The molecule has 0 bridgehead atoms. The normalized spacial score (nSPS) is 11.4. The van der Waals surface area contributed by atoms with Gasteiger partial charge < -0.3 is 9.42 Å². The molecule has 4 rings (SSSR count). The van der Waals surface area contributed by atoms with Crippen molar-refractivity contribution in [2.24, 2.45) is 7.05 Å². The number of aryl methyl sites for hydroxylation is 2. The molecular weight excluding hydrogens is 346 g/mol. The lowest BCUT2D eigenvalue weighted by molar-refractivity contribution is -0.646. The largest absolute Gasteiger partial charge is 0.378 e. The lowest BCUT2D eigenvalue weighted by Crippen LogP contribution is -2.32. The van der Waals surface area contributed by atoms with Gasteiger partial charge in [0.2, 0.25) is 11.2 Å². The van der Waals surface area contributed by atoms with Crippen molar-refractivity contribution in [3.05, 3.63) is 77.6 Å². The lowest BCUT2D eigenvalue weighted by atomic mass is 10.1. The van der Waals surface area contributed by atoms with Crippen LogP contribution in [0.3, 0.4) is 0 Å². The van der Waals surface area contributed by atoms with E-state index < -0.39 is 0 Å². The highest BCUT2D eigenvalue weighted by Gasteiger charge is 2.11. The van der Waals surface area contributed by atoms with Crippen molar-refractivity contribution in [3.8, 4) is 11.3 Å². The van der Waals surface area contributed by atoms with Crippen LogP contribution in [0.2, 0.25) is 0 Å². The number of pyridine rings is 1. The van der Waals surface area contributed by atoms with Crippen molar-refractivity contribution in [3.63, 3.8) is 0 Å². The van der Waals surface area contributed by atoms with E-state index in [1.165, 1.54) is 22.2 Å². The van der Waals surface area contributed by atoms with Crippen LogP contribution >= 0.6 is 0 Å². The Bertz CT molecular complexity index is 1150. The van der Waals surface area contributed by atoms with E-state index in [1.807, 2.05) is 12.1 Å². The zero-order chi connectivity index (χ0) is 19.7. The minimum atomic E-state index is 0.777. The molecule has 28 heavy (non-hydrogen) atoms. The number of rotatable bonds is 4. The van der Waals surface area contributed by atoms with Crippen LogP contribution in [0.1, 0.15) is 17.0 Å². The number of hydrogen-bond acceptors (Lipinski definition) is 3. The van der Waals surface area contributed by atoms with E-state index >= 15 is 0 Å². The van der Waals surface area contributed by atoms with Crippen LogP contribution in [0.4, 0.5) is 5.69 Å². The van der Waals surface area contributed by atoms with Gasteiger partial charge in [-0.3, -0.25) is 0 Å². The van der Waals surface area contributed by atoms with Crippen LogP contribution in [0, 0.1) is 6.92 Å². The van der Waals surface area contributed by atoms with Gasteiger partial charge in [-0.2, -0.15) is 4.57 Å². The summed E-state index contributed by atoms with van der Waals surface area (Å²) in [6, 6.07) is 21.0. The highest BCUT2D eigenvalue weighted by atomic mass is 16.5. The Morgan fingerprint density at radius 2 is 1.71 bits per heavy atom. The third kappa shape index (κ3) is 3.54. The SMILES string of the molecule is Cc1ccc(-c2cc(C=Cc3ccc4cc(N(C)C)ccc4[n+]3C)no2)cc1. The summed E-state index contributed by atoms with van der Waals surface area (Å²) in [7, 11) is 6.19. The fraction of sp³-hybridized carbons (Fsp3) is 0.167. The van der Waals surface area contributed by atoms with E-state index in [-0.39, 0.29) is 0 Å². The molecule has 140 valence electrons. The van der Waals surface area contributed by atoms with Crippen molar-refractivity contribution in [1.29, 1.82) is 0 Å². The average molecular weight is 370 g/mol. The van der Waals surface area contributed by atoms with Crippen molar-refractivity contribution in [1.82, 2.24) is 5.16 Å². The smallest absolute Gasteiger partial charge is 0.212 e. The average Bonchev–Trinajstić information content (AvgIpc) is 3.17. The summed E-state index contributed by atoms with van der Waals surface area (Å²) < 4.78 is 7.69. The molecule has 0 aliphatic heterocycles. The first-order chi connectivity index (χ1) is 13.5. The maximum absolute atomic E-state index is 5.50. The molecule has 0 unspecified atom stereocenters. The van der Waals surface area contributed by atoms with Gasteiger partial charge in [0, 0.05) is 55.0 Å². The molecule has 0 amide bonds. The molecule has 2 heterocycles. The maximum atomic E-state index is 5.50. The molecule has 0 saturated heterocycles. The van der Waals surface area contributed by atoms with Gasteiger partial charge in [-0.1, -0.05) is 35.0 Å². The summed E-state index contributed by atoms with van der Waals surface area (Å²) >= 11 is 0. The summed E-state index contributed by atoms with van der Waals surface area (Å²) in [4.78, 5) is 2.11. The van der Waals surface area contributed by atoms with Crippen LogP contribution in [0.15, 0.2) is 65.2 Å². The predicted molar refractivity (Wildman–Crippen MR) is 115 cm³/mol. The standard InChI is InChI=1S/C24H24N3O/c1-17-5-7-18(8-6-17)24-16-20(25-28-24)10-12-21-11-9-19-15-22(26(2)3)13-14-23(19)27(21)4/h5-16H,1-4H3/q+1. The van der Waals surface area contributed by atoms with Gasteiger partial charge in [0.25, 0.3) is 0 Å². The van der Waals surface area contributed by atoms with Crippen molar-refractivity contribution < 1.29 is 9.09 Å². The Labute approximate surface area is 165 Å². The van der Waals surface area contributed by atoms with Gasteiger partial charge in [0.05, 0.1) is 0 Å². The van der Waals surface area contributed by atoms with Crippen LogP contribution in [-0.4, -0.2) is 19.3 Å². The first kappa shape index (κ1) is 18.0. The fourth-order valence-electron chi connectivity index (χ4n) is 3.24. The van der Waals surface area contributed by atoms with E-state index in [1.54, 1.807) is 0 Å². The number of aromatic nitrogens is 2. The van der Waals surface area contributed by atoms with Crippen molar-refractivity contribution >= 4 is 28.7 Å². The second kappa shape index (κ2) is 7.31. The Morgan fingerprint density at radius 3 is 2.46 bits per heavy atom. The first-order valence-electron chi connectivity index (χ1n) is 9.33. The highest BCUT2D eigenvalue weighted by molar-refractivity contribution is 5.81. The summed E-state index contributed by atoms with van der Waals surface area (Å²) in [5, 5.41) is 5.39. The van der Waals surface area contributed by atoms with Gasteiger partial charge in [-0.05, 0) is 31.2 Å². The highest BCUT2D eigenvalue weighted by Crippen LogP contribution is 2.22. The second-order valence-electron chi connectivity index (χ2n) is 7.27. The van der Waals surface area contributed by atoms with E-state index in [2.05, 4.69) is 103 Å². The fourth-order valence-corrected chi connectivity index (χ4v) is 3.24. The molecule has 0 aliphatic rings. The number of fused-ring (bicyclic) bond motifs is 1. The molecule has 0 saturated carbocycles. The third-order valence-electron chi connectivity index (χ3n) is 5.00. The predicted octanol–water partition coefficient (Wildman–Crippen LogP) is 4.86. The van der Waals surface area contributed by atoms with Crippen LogP contribution in [-0.2, 0) is 7.05 Å². The molecule has 0 fully saturated rings. The summed E-state index contributed by atoms with van der Waals surface area (Å²) in [5.41, 5.74) is 6.55. The minimum Gasteiger partial charge on any atom is -0.378 e. The van der Waals surface area contributed by atoms with E-state index in [9.17, 15) is 0 Å². The van der Waals surface area contributed by atoms with Gasteiger partial charge >= 0.3 is 0 Å². The van der Waals surface area contributed by atoms with Crippen molar-refractivity contribution in [2.45, 2.75) is 6.92 Å². The molecule has 0 radical (unpaired) electrons. The Hall–Kier alpha value is -3.40. The molecule has 4 nitrogen and oxygen atoms in total. The van der Waals surface area contributed by atoms with Gasteiger partial charge in [-0.25, -0.2) is 0 Å².